The van der Waals surface area contributed by atoms with E-state index in [1.54, 1.807) is 11.8 Å². The van der Waals surface area contributed by atoms with Crippen LogP contribution in [0, 0.1) is 0 Å². The third kappa shape index (κ3) is 15.9. The second-order valence-electron chi connectivity index (χ2n) is 8.23. The van der Waals surface area contributed by atoms with Crippen LogP contribution in [0.3, 0.4) is 0 Å². The number of para-hydroxylation sites is 1. The second-order valence-corrected chi connectivity index (χ2v) is 9.31. The molecule has 1 aromatic rings. The van der Waals surface area contributed by atoms with E-state index in [4.69, 9.17) is 0 Å². The Hall–Kier alpha value is -2.47. The minimum Gasteiger partial charge on any atom is -0.344 e. The number of benzene rings is 1. The number of thioether (sulfide) groups is 1. The molecule has 1 aromatic carbocycles. The Labute approximate surface area is 205 Å². The van der Waals surface area contributed by atoms with Gasteiger partial charge < -0.3 is 5.32 Å². The van der Waals surface area contributed by atoms with Gasteiger partial charge >= 0.3 is 0 Å². The molecule has 0 aliphatic carbocycles. The smallest absolute Gasteiger partial charge is 0.261 e. The van der Waals surface area contributed by atoms with Crippen molar-refractivity contribution in [1.29, 1.82) is 0 Å². The summed E-state index contributed by atoms with van der Waals surface area (Å²) in [5, 5.41) is 2.73. The molecule has 0 aliphatic heterocycles. The normalized spacial score (nSPS) is 12.3. The number of anilines is 1. The summed E-state index contributed by atoms with van der Waals surface area (Å²) in [6.45, 7) is 10.0. The molecule has 0 spiro atoms. The van der Waals surface area contributed by atoms with Crippen molar-refractivity contribution < 1.29 is 9.59 Å². The number of allylic oxidation sites excluding steroid dienone is 5. The number of carbonyl (C=O) groups is 2. The van der Waals surface area contributed by atoms with E-state index in [9.17, 15) is 9.59 Å². The van der Waals surface area contributed by atoms with Gasteiger partial charge in [0.1, 0.15) is 6.04 Å². The summed E-state index contributed by atoms with van der Waals surface area (Å²) < 4.78 is 0. The van der Waals surface area contributed by atoms with Gasteiger partial charge in [-0.3, -0.25) is 20.4 Å². The van der Waals surface area contributed by atoms with E-state index in [0.717, 1.165) is 37.1 Å². The second kappa shape index (κ2) is 18.0. The molecule has 0 saturated heterocycles. The predicted octanol–water partition coefficient (Wildman–Crippen LogP) is 6.42. The van der Waals surface area contributed by atoms with Gasteiger partial charge in [-0.25, -0.2) is 0 Å². The van der Waals surface area contributed by atoms with Crippen molar-refractivity contribution in [3.8, 4) is 0 Å². The Kier molecular flexibility index (Phi) is 16.7. The number of amides is 2. The fourth-order valence-corrected chi connectivity index (χ4v) is 3.91. The first-order valence-electron chi connectivity index (χ1n) is 11.2. The number of hydrogen-bond donors (Lipinski definition) is 3. The van der Waals surface area contributed by atoms with E-state index in [1.807, 2.05) is 30.3 Å². The molecule has 6 heteroatoms. The number of nitrogens with one attached hydrogen (secondary N) is 3. The van der Waals surface area contributed by atoms with Crippen molar-refractivity contribution in [2.24, 2.45) is 0 Å². The van der Waals surface area contributed by atoms with Crippen molar-refractivity contribution in [3.05, 3.63) is 65.3 Å². The third-order valence-corrected chi connectivity index (χ3v) is 5.73. The van der Waals surface area contributed by atoms with Crippen LogP contribution >= 0.6 is 11.8 Å². The molecule has 0 fully saturated rings. The molecule has 0 aliphatic rings. The summed E-state index contributed by atoms with van der Waals surface area (Å²) in [5.41, 5.74) is 10.5. The van der Waals surface area contributed by atoms with Gasteiger partial charge in [-0.15, -0.1) is 0 Å². The SMILES string of the molecule is C.CC(=O)N[C@@H](CSC/C=C(\C)CC/C=C(\C)CCC=C(C)C)C(=O)NNc1ccccc1. The van der Waals surface area contributed by atoms with Crippen molar-refractivity contribution in [1.82, 2.24) is 10.7 Å². The fourth-order valence-electron chi connectivity index (χ4n) is 2.90. The highest BCUT2D eigenvalue weighted by Gasteiger charge is 2.19. The van der Waals surface area contributed by atoms with Crippen LogP contribution in [0.15, 0.2) is 65.3 Å². The van der Waals surface area contributed by atoms with Crippen LogP contribution in [-0.2, 0) is 9.59 Å². The zero-order chi connectivity index (χ0) is 23.8. The monoisotopic (exact) mass is 473 g/mol. The lowest BCUT2D eigenvalue weighted by atomic mass is 10.1. The maximum absolute atomic E-state index is 12.5. The molecule has 0 unspecified atom stereocenters. The van der Waals surface area contributed by atoms with Crippen LogP contribution in [0.4, 0.5) is 5.69 Å². The number of rotatable bonds is 14. The summed E-state index contributed by atoms with van der Waals surface area (Å²) in [4.78, 5) is 24.0. The van der Waals surface area contributed by atoms with Crippen LogP contribution < -0.4 is 16.2 Å². The van der Waals surface area contributed by atoms with E-state index in [2.05, 4.69) is 62.1 Å². The summed E-state index contributed by atoms with van der Waals surface area (Å²) in [6.07, 6.45) is 11.1. The summed E-state index contributed by atoms with van der Waals surface area (Å²) in [7, 11) is 0. The van der Waals surface area contributed by atoms with Gasteiger partial charge in [0.2, 0.25) is 5.91 Å². The average Bonchev–Trinajstić information content (AvgIpc) is 2.74. The number of hydrogen-bond acceptors (Lipinski definition) is 4. The fraction of sp³-hybridized carbons (Fsp3) is 0.481. The molecule has 0 radical (unpaired) electrons. The van der Waals surface area contributed by atoms with Crippen molar-refractivity contribution in [2.45, 2.75) is 73.8 Å². The van der Waals surface area contributed by atoms with Crippen molar-refractivity contribution in [2.75, 3.05) is 16.9 Å². The first-order valence-corrected chi connectivity index (χ1v) is 12.3. The van der Waals surface area contributed by atoms with Crippen molar-refractivity contribution in [3.63, 3.8) is 0 Å². The first kappa shape index (κ1) is 30.5. The third-order valence-electron chi connectivity index (χ3n) is 4.75. The zero-order valence-corrected chi connectivity index (χ0v) is 21.0. The maximum atomic E-state index is 12.5. The molecule has 0 heterocycles. The summed E-state index contributed by atoms with van der Waals surface area (Å²) in [6, 6.07) is 8.79. The molecular formula is C27H43N3O2S. The van der Waals surface area contributed by atoms with Gasteiger partial charge in [-0.05, 0) is 65.5 Å². The topological polar surface area (TPSA) is 70.2 Å². The van der Waals surface area contributed by atoms with E-state index in [1.165, 1.54) is 23.6 Å². The lowest BCUT2D eigenvalue weighted by Gasteiger charge is -2.18. The Bertz CT molecular complexity index is 797. The van der Waals surface area contributed by atoms with Gasteiger partial charge in [0.25, 0.3) is 5.91 Å². The Balaban J connectivity index is 0.0000102. The van der Waals surface area contributed by atoms with E-state index in [-0.39, 0.29) is 19.2 Å². The zero-order valence-electron chi connectivity index (χ0n) is 20.2. The van der Waals surface area contributed by atoms with Gasteiger partial charge in [-0.1, -0.05) is 60.6 Å². The Morgan fingerprint density at radius 3 is 2.12 bits per heavy atom. The standard InChI is InChI=1S/C26H39N3O2S.CH4/c1-20(2)11-9-12-21(3)13-10-14-22(4)17-18-32-19-25(27-23(5)30)26(31)29-28-24-15-7-6-8-16-24;/h6-8,11,13,15-17,25,28H,9-10,12,14,18-19H2,1-5H3,(H,27,30)(H,29,31);1H4/b21-13+,22-17+;/t25-;/m0./s1. The minimum absolute atomic E-state index is 0. The van der Waals surface area contributed by atoms with Crippen LogP contribution in [-0.4, -0.2) is 29.4 Å². The Morgan fingerprint density at radius 1 is 0.909 bits per heavy atom. The van der Waals surface area contributed by atoms with E-state index in [0.29, 0.717) is 5.75 Å². The number of hydrazine groups is 1. The summed E-state index contributed by atoms with van der Waals surface area (Å²) >= 11 is 1.63. The quantitative estimate of drug-likeness (QED) is 0.166. The lowest BCUT2D eigenvalue weighted by Crippen LogP contribution is -2.49. The highest BCUT2D eigenvalue weighted by atomic mass is 32.2. The highest BCUT2D eigenvalue weighted by molar-refractivity contribution is 7.99. The van der Waals surface area contributed by atoms with Gasteiger partial charge in [-0.2, -0.15) is 11.8 Å². The maximum Gasteiger partial charge on any atom is 0.261 e. The van der Waals surface area contributed by atoms with Gasteiger partial charge in [0.15, 0.2) is 0 Å². The van der Waals surface area contributed by atoms with Crippen LogP contribution in [0.5, 0.6) is 0 Å². The van der Waals surface area contributed by atoms with Crippen LogP contribution in [0.2, 0.25) is 0 Å². The molecule has 184 valence electrons. The van der Waals surface area contributed by atoms with Crippen LogP contribution in [0.25, 0.3) is 0 Å². The lowest BCUT2D eigenvalue weighted by molar-refractivity contribution is -0.127. The molecule has 5 nitrogen and oxygen atoms in total. The molecule has 2 amide bonds. The molecule has 1 rings (SSSR count). The molecule has 0 aromatic heterocycles. The minimum atomic E-state index is -0.589. The van der Waals surface area contributed by atoms with Crippen LogP contribution in [0.1, 0.15) is 67.7 Å². The van der Waals surface area contributed by atoms with E-state index < -0.39 is 6.04 Å². The average molecular weight is 474 g/mol. The molecule has 33 heavy (non-hydrogen) atoms. The first-order chi connectivity index (χ1) is 15.3. The van der Waals surface area contributed by atoms with Gasteiger partial charge in [0.05, 0.1) is 5.69 Å². The molecule has 0 bridgehead atoms. The van der Waals surface area contributed by atoms with Crippen molar-refractivity contribution >= 4 is 29.3 Å². The van der Waals surface area contributed by atoms with E-state index >= 15 is 0 Å². The largest absolute Gasteiger partial charge is 0.344 e. The molecule has 0 saturated carbocycles. The molecule has 3 N–H and O–H groups in total. The molecule has 1 atom stereocenters. The number of carbonyl (C=O) groups excluding carboxylic acids is 2. The molecular weight excluding hydrogens is 430 g/mol. The Morgan fingerprint density at radius 2 is 1.52 bits per heavy atom. The predicted molar refractivity (Wildman–Crippen MR) is 145 cm³/mol. The highest BCUT2D eigenvalue weighted by Crippen LogP contribution is 2.13. The summed E-state index contributed by atoms with van der Waals surface area (Å²) in [5.74, 6) is 0.842. The van der Waals surface area contributed by atoms with Gasteiger partial charge in [0, 0.05) is 18.4 Å².